The van der Waals surface area contributed by atoms with Crippen molar-refractivity contribution < 1.29 is 19.4 Å². The summed E-state index contributed by atoms with van der Waals surface area (Å²) >= 11 is 0. The second-order valence-electron chi connectivity index (χ2n) is 5.90. The average molecular weight is 241 g/mol. The molecule has 2 aliphatic rings. The lowest BCUT2D eigenvalue weighted by atomic mass is 9.99. The van der Waals surface area contributed by atoms with Gasteiger partial charge in [0, 0.05) is 12.6 Å². The highest BCUT2D eigenvalue weighted by Gasteiger charge is 2.53. The minimum absolute atomic E-state index is 0.102. The van der Waals surface area contributed by atoms with Gasteiger partial charge >= 0.3 is 12.1 Å². The van der Waals surface area contributed by atoms with Crippen molar-refractivity contribution in [1.82, 2.24) is 4.90 Å². The molecule has 96 valence electrons. The van der Waals surface area contributed by atoms with Gasteiger partial charge in [-0.3, -0.25) is 4.79 Å². The quantitative estimate of drug-likeness (QED) is 0.759. The molecule has 1 N–H and O–H groups in total. The lowest BCUT2D eigenvalue weighted by Gasteiger charge is -2.30. The van der Waals surface area contributed by atoms with Gasteiger partial charge < -0.3 is 14.7 Å². The Kier molecular flexibility index (Phi) is 2.79. The number of carboxylic acid groups (broad SMARTS) is 1. The molecular weight excluding hydrogens is 222 g/mol. The molecule has 3 atom stereocenters. The summed E-state index contributed by atoms with van der Waals surface area (Å²) in [7, 11) is 0. The van der Waals surface area contributed by atoms with Crippen LogP contribution in [-0.4, -0.2) is 40.3 Å². The van der Waals surface area contributed by atoms with Crippen molar-refractivity contribution in [2.45, 2.75) is 45.3 Å². The number of hydrogen-bond donors (Lipinski definition) is 1. The van der Waals surface area contributed by atoms with Gasteiger partial charge in [0.1, 0.15) is 5.60 Å². The first-order valence-corrected chi connectivity index (χ1v) is 6.02. The first kappa shape index (κ1) is 12.2. The fraction of sp³-hybridized carbons (Fsp3) is 0.833. The Bertz CT molecular complexity index is 347. The number of piperidine rings is 1. The molecule has 1 heterocycles. The summed E-state index contributed by atoms with van der Waals surface area (Å²) in [5.41, 5.74) is -0.530. The van der Waals surface area contributed by atoms with Crippen LogP contribution in [0.4, 0.5) is 4.79 Å². The Labute approximate surface area is 101 Å². The zero-order chi connectivity index (χ0) is 12.8. The molecule has 1 saturated heterocycles. The number of carbonyl (C=O) groups is 2. The van der Waals surface area contributed by atoms with E-state index in [0.29, 0.717) is 6.54 Å². The summed E-state index contributed by atoms with van der Waals surface area (Å²) in [5.74, 6) is -1.09. The topological polar surface area (TPSA) is 66.8 Å². The van der Waals surface area contributed by atoms with E-state index in [1.165, 1.54) is 0 Å². The fourth-order valence-corrected chi connectivity index (χ4v) is 2.90. The van der Waals surface area contributed by atoms with Crippen LogP contribution in [0.3, 0.4) is 0 Å². The Morgan fingerprint density at radius 2 is 1.94 bits per heavy atom. The van der Waals surface area contributed by atoms with Gasteiger partial charge in [-0.1, -0.05) is 0 Å². The third-order valence-corrected chi connectivity index (χ3v) is 3.50. The van der Waals surface area contributed by atoms with Crippen LogP contribution in [0.15, 0.2) is 0 Å². The van der Waals surface area contributed by atoms with Crippen molar-refractivity contribution >= 4 is 12.1 Å². The van der Waals surface area contributed by atoms with Crippen LogP contribution in [0, 0.1) is 11.8 Å². The number of nitrogens with zero attached hydrogens (tertiary/aromatic N) is 1. The maximum Gasteiger partial charge on any atom is 0.410 e. The molecule has 0 aromatic carbocycles. The van der Waals surface area contributed by atoms with Crippen LogP contribution in [0.2, 0.25) is 0 Å². The molecule has 0 spiro atoms. The second kappa shape index (κ2) is 3.89. The molecule has 1 amide bonds. The smallest absolute Gasteiger partial charge is 0.410 e. The standard InChI is InChI=1S/C12H19NO4/c1-12(2,3)17-11(16)13-6-7-4-5-8(13)9(7)10(14)15/h7-9H,4-6H2,1-3H3,(H,14,15)/t7-,8+,9+/m1/s1. The predicted octanol–water partition coefficient (Wildman–Crippen LogP) is 1.72. The highest BCUT2D eigenvalue weighted by molar-refractivity contribution is 5.76. The molecule has 0 unspecified atom stereocenters. The fourth-order valence-electron chi connectivity index (χ4n) is 2.90. The van der Waals surface area contributed by atoms with E-state index in [1.54, 1.807) is 4.90 Å². The van der Waals surface area contributed by atoms with Gasteiger partial charge in [0.15, 0.2) is 0 Å². The molecule has 0 aromatic heterocycles. The van der Waals surface area contributed by atoms with E-state index in [-0.39, 0.29) is 18.1 Å². The Balaban J connectivity index is 2.06. The van der Waals surface area contributed by atoms with Crippen molar-refractivity contribution in [3.63, 3.8) is 0 Å². The molecule has 5 heteroatoms. The maximum atomic E-state index is 11.9. The molecule has 2 rings (SSSR count). The maximum absolute atomic E-state index is 11.9. The van der Waals surface area contributed by atoms with Crippen molar-refractivity contribution in [3.05, 3.63) is 0 Å². The number of hydrogen-bond acceptors (Lipinski definition) is 3. The number of aliphatic carboxylic acids is 1. The first-order valence-electron chi connectivity index (χ1n) is 6.02. The van der Waals surface area contributed by atoms with Crippen LogP contribution < -0.4 is 0 Å². The third-order valence-electron chi connectivity index (χ3n) is 3.50. The lowest BCUT2D eigenvalue weighted by molar-refractivity contribution is -0.142. The van der Waals surface area contributed by atoms with E-state index >= 15 is 0 Å². The largest absolute Gasteiger partial charge is 0.481 e. The SMILES string of the molecule is CC(C)(C)OC(=O)N1C[C@H]2CC[C@H]1[C@H]2C(=O)O. The minimum Gasteiger partial charge on any atom is -0.481 e. The molecule has 1 aliphatic carbocycles. The van der Waals surface area contributed by atoms with Gasteiger partial charge in [-0.05, 0) is 39.5 Å². The monoisotopic (exact) mass is 241 g/mol. The second-order valence-corrected chi connectivity index (χ2v) is 5.90. The normalized spacial score (nSPS) is 31.7. The zero-order valence-corrected chi connectivity index (χ0v) is 10.5. The molecule has 5 nitrogen and oxygen atoms in total. The van der Waals surface area contributed by atoms with Crippen LogP contribution in [-0.2, 0) is 9.53 Å². The van der Waals surface area contributed by atoms with Gasteiger partial charge in [0.25, 0.3) is 0 Å². The molecule has 1 saturated carbocycles. The van der Waals surface area contributed by atoms with Crippen LogP contribution in [0.25, 0.3) is 0 Å². The highest BCUT2D eigenvalue weighted by Crippen LogP contribution is 2.43. The number of carboxylic acids is 1. The van der Waals surface area contributed by atoms with E-state index in [0.717, 1.165) is 12.8 Å². The van der Waals surface area contributed by atoms with Crippen molar-refractivity contribution in [2.75, 3.05) is 6.54 Å². The zero-order valence-electron chi connectivity index (χ0n) is 10.5. The Morgan fingerprint density at radius 3 is 2.41 bits per heavy atom. The summed E-state index contributed by atoms with van der Waals surface area (Å²) in [4.78, 5) is 24.7. The van der Waals surface area contributed by atoms with E-state index in [9.17, 15) is 9.59 Å². The van der Waals surface area contributed by atoms with Gasteiger partial charge in [-0.25, -0.2) is 4.79 Å². The molecule has 1 aliphatic heterocycles. The number of amides is 1. The molecule has 2 fully saturated rings. The van der Waals surface area contributed by atoms with E-state index in [2.05, 4.69) is 0 Å². The van der Waals surface area contributed by atoms with Gasteiger partial charge in [0.2, 0.25) is 0 Å². The van der Waals surface area contributed by atoms with E-state index in [4.69, 9.17) is 9.84 Å². The van der Waals surface area contributed by atoms with Crippen molar-refractivity contribution in [2.24, 2.45) is 11.8 Å². The molecule has 0 radical (unpaired) electrons. The van der Waals surface area contributed by atoms with Crippen LogP contribution >= 0.6 is 0 Å². The number of carbonyl (C=O) groups excluding carboxylic acids is 1. The molecule has 2 bridgehead atoms. The first-order chi connectivity index (χ1) is 7.79. The van der Waals surface area contributed by atoms with Gasteiger partial charge in [0.05, 0.1) is 5.92 Å². The molecular formula is C12H19NO4. The molecule has 17 heavy (non-hydrogen) atoms. The Hall–Kier alpha value is -1.26. The van der Waals surface area contributed by atoms with Crippen LogP contribution in [0.1, 0.15) is 33.6 Å². The number of rotatable bonds is 1. The van der Waals surface area contributed by atoms with E-state index in [1.807, 2.05) is 20.8 Å². The average Bonchev–Trinajstić information content (AvgIpc) is 2.70. The third kappa shape index (κ3) is 2.23. The van der Waals surface area contributed by atoms with Gasteiger partial charge in [-0.2, -0.15) is 0 Å². The molecule has 0 aromatic rings. The highest BCUT2D eigenvalue weighted by atomic mass is 16.6. The number of ether oxygens (including phenoxy) is 1. The van der Waals surface area contributed by atoms with Crippen LogP contribution in [0.5, 0.6) is 0 Å². The summed E-state index contributed by atoms with van der Waals surface area (Å²) in [6, 6.07) is -0.174. The van der Waals surface area contributed by atoms with Crippen molar-refractivity contribution in [3.8, 4) is 0 Å². The summed E-state index contributed by atoms with van der Waals surface area (Å²) < 4.78 is 5.30. The minimum atomic E-state index is -0.788. The summed E-state index contributed by atoms with van der Waals surface area (Å²) in [6.07, 6.45) is 1.30. The van der Waals surface area contributed by atoms with E-state index < -0.39 is 17.5 Å². The Morgan fingerprint density at radius 1 is 1.29 bits per heavy atom. The number of fused-ring (bicyclic) bond motifs is 2. The van der Waals surface area contributed by atoms with Crippen molar-refractivity contribution in [1.29, 1.82) is 0 Å². The number of likely N-dealkylation sites (tertiary alicyclic amines) is 1. The summed E-state index contributed by atoms with van der Waals surface area (Å²) in [6.45, 7) is 5.96. The van der Waals surface area contributed by atoms with Gasteiger partial charge in [-0.15, -0.1) is 0 Å². The lowest BCUT2D eigenvalue weighted by Crippen LogP contribution is -2.42. The predicted molar refractivity (Wildman–Crippen MR) is 60.6 cm³/mol. The summed E-state index contributed by atoms with van der Waals surface area (Å²) in [5, 5.41) is 9.15.